The van der Waals surface area contributed by atoms with Gasteiger partial charge in [0.05, 0.1) is 16.4 Å². The van der Waals surface area contributed by atoms with Crippen molar-refractivity contribution in [1.29, 1.82) is 0 Å². The van der Waals surface area contributed by atoms with Gasteiger partial charge in [-0.3, -0.25) is 4.72 Å². The Balaban J connectivity index is 1.73. The maximum Gasteiger partial charge on any atom is 0.263 e. The van der Waals surface area contributed by atoms with E-state index in [0.717, 1.165) is 28.7 Å². The van der Waals surface area contributed by atoms with E-state index in [1.54, 1.807) is 42.1 Å². The number of imidazole rings is 1. The Morgan fingerprint density at radius 2 is 1.88 bits per heavy atom. The zero-order valence-corrected chi connectivity index (χ0v) is 15.4. The minimum Gasteiger partial charge on any atom is -0.325 e. The topological polar surface area (TPSA) is 64.0 Å². The van der Waals surface area contributed by atoms with E-state index < -0.39 is 10.0 Å². The molecule has 0 saturated heterocycles. The monoisotopic (exact) mass is 391 g/mol. The van der Waals surface area contributed by atoms with Gasteiger partial charge in [-0.15, -0.1) is 0 Å². The van der Waals surface area contributed by atoms with Gasteiger partial charge in [0, 0.05) is 24.1 Å². The lowest BCUT2D eigenvalue weighted by atomic mass is 10.1. The van der Waals surface area contributed by atoms with Crippen molar-refractivity contribution in [2.24, 2.45) is 0 Å². The fourth-order valence-electron chi connectivity index (χ4n) is 2.70. The predicted molar refractivity (Wildman–Crippen MR) is 101 cm³/mol. The molecular formula is C17H14ClN3O2S2. The van der Waals surface area contributed by atoms with Crippen LogP contribution in [0.15, 0.2) is 64.8 Å². The Kier molecular flexibility index (Phi) is 4.23. The number of aromatic nitrogens is 2. The average molecular weight is 392 g/mol. The minimum absolute atomic E-state index is 0.0503. The molecule has 1 aromatic heterocycles. The zero-order chi connectivity index (χ0) is 17.4. The van der Waals surface area contributed by atoms with Crippen LogP contribution in [-0.2, 0) is 16.6 Å². The smallest absolute Gasteiger partial charge is 0.263 e. The number of sulfonamides is 1. The van der Waals surface area contributed by atoms with Crippen molar-refractivity contribution in [3.8, 4) is 11.3 Å². The van der Waals surface area contributed by atoms with Crippen LogP contribution < -0.4 is 4.72 Å². The first-order valence-corrected chi connectivity index (χ1v) is 10.5. The van der Waals surface area contributed by atoms with Gasteiger partial charge in [0.25, 0.3) is 10.0 Å². The maximum absolute atomic E-state index is 12.7. The van der Waals surface area contributed by atoms with Crippen LogP contribution in [0.1, 0.15) is 0 Å². The van der Waals surface area contributed by atoms with E-state index >= 15 is 0 Å². The van der Waals surface area contributed by atoms with Crippen LogP contribution in [0.3, 0.4) is 0 Å². The molecule has 0 atom stereocenters. The molecule has 0 saturated carbocycles. The second-order valence-corrected chi connectivity index (χ2v) is 8.65. The summed E-state index contributed by atoms with van der Waals surface area (Å²) >= 11 is 7.74. The van der Waals surface area contributed by atoms with Crippen LogP contribution in [0.4, 0.5) is 5.69 Å². The van der Waals surface area contributed by atoms with Gasteiger partial charge in [-0.2, -0.15) is 0 Å². The molecule has 0 radical (unpaired) electrons. The number of anilines is 1. The molecule has 0 unspecified atom stereocenters. The molecule has 0 bridgehead atoms. The number of aryl methyl sites for hydroxylation is 1. The fourth-order valence-corrected chi connectivity index (χ4v) is 5.24. The van der Waals surface area contributed by atoms with E-state index in [2.05, 4.69) is 14.3 Å². The quantitative estimate of drug-likeness (QED) is 0.726. The summed E-state index contributed by atoms with van der Waals surface area (Å²) in [5.41, 5.74) is 1.96. The van der Waals surface area contributed by atoms with E-state index in [4.69, 9.17) is 11.6 Å². The molecule has 1 aliphatic heterocycles. The molecule has 8 heteroatoms. The fraction of sp³-hybridized carbons (Fsp3) is 0.118. The number of halogens is 1. The first-order chi connectivity index (χ1) is 12.0. The Morgan fingerprint density at radius 1 is 1.12 bits per heavy atom. The van der Waals surface area contributed by atoms with Gasteiger partial charge in [-0.05, 0) is 18.2 Å². The maximum atomic E-state index is 12.7. The normalized spacial score (nSPS) is 13.6. The van der Waals surface area contributed by atoms with Gasteiger partial charge in [0.2, 0.25) is 0 Å². The highest BCUT2D eigenvalue weighted by atomic mass is 35.5. The van der Waals surface area contributed by atoms with Gasteiger partial charge < -0.3 is 4.57 Å². The lowest BCUT2D eigenvalue weighted by Gasteiger charge is -2.12. The lowest BCUT2D eigenvalue weighted by molar-refractivity contribution is 0.601. The van der Waals surface area contributed by atoms with Crippen molar-refractivity contribution in [1.82, 2.24) is 9.55 Å². The molecule has 5 nitrogen and oxygen atoms in total. The number of hydrogen-bond acceptors (Lipinski definition) is 4. The van der Waals surface area contributed by atoms with Crippen LogP contribution in [0, 0.1) is 0 Å². The summed E-state index contributed by atoms with van der Waals surface area (Å²) in [6.07, 6.45) is 1.96. The van der Waals surface area contributed by atoms with E-state index in [1.165, 1.54) is 6.07 Å². The van der Waals surface area contributed by atoms with Gasteiger partial charge in [-0.1, -0.05) is 53.7 Å². The molecule has 0 amide bonds. The third-order valence-corrected chi connectivity index (χ3v) is 6.71. The SMILES string of the molecule is O=S(=O)(Nc1ccccc1-c1cn2c(n1)SCC2)c1ccccc1Cl. The summed E-state index contributed by atoms with van der Waals surface area (Å²) in [6, 6.07) is 13.6. The predicted octanol–water partition coefficient (Wildman–Crippen LogP) is 4.11. The third kappa shape index (κ3) is 3.15. The third-order valence-electron chi connectivity index (χ3n) is 3.88. The van der Waals surface area contributed by atoms with Crippen LogP contribution in [-0.4, -0.2) is 23.7 Å². The van der Waals surface area contributed by atoms with Crippen LogP contribution >= 0.6 is 23.4 Å². The molecule has 3 aromatic rings. The molecule has 25 heavy (non-hydrogen) atoms. The largest absolute Gasteiger partial charge is 0.325 e. The van der Waals surface area contributed by atoms with Gasteiger partial charge in [0.1, 0.15) is 4.90 Å². The molecule has 0 spiro atoms. The second kappa shape index (κ2) is 6.40. The standard InChI is InChI=1S/C17H14ClN3O2S2/c18-13-6-2-4-8-16(13)25(22,23)20-14-7-3-1-5-12(14)15-11-21-9-10-24-17(21)19-15/h1-8,11,20H,9-10H2. The number of nitrogens with zero attached hydrogens (tertiary/aromatic N) is 2. The second-order valence-electron chi connectivity index (χ2n) is 5.53. The highest BCUT2D eigenvalue weighted by molar-refractivity contribution is 7.99. The summed E-state index contributed by atoms with van der Waals surface area (Å²) < 4.78 is 30.2. The Bertz CT molecular complexity index is 1030. The van der Waals surface area contributed by atoms with Crippen LogP contribution in [0.2, 0.25) is 5.02 Å². The Hall–Kier alpha value is -1.96. The van der Waals surface area contributed by atoms with Gasteiger partial charge >= 0.3 is 0 Å². The number of nitrogens with one attached hydrogen (secondary N) is 1. The zero-order valence-electron chi connectivity index (χ0n) is 13.0. The number of benzene rings is 2. The summed E-state index contributed by atoms with van der Waals surface area (Å²) in [6.45, 7) is 0.917. The van der Waals surface area contributed by atoms with Gasteiger partial charge in [-0.25, -0.2) is 13.4 Å². The lowest BCUT2D eigenvalue weighted by Crippen LogP contribution is -2.14. The van der Waals surface area contributed by atoms with E-state index in [1.807, 2.05) is 18.3 Å². The average Bonchev–Trinajstić information content (AvgIpc) is 3.17. The molecule has 2 aromatic carbocycles. The van der Waals surface area contributed by atoms with Crippen molar-refractivity contribution in [2.75, 3.05) is 10.5 Å². The first-order valence-electron chi connectivity index (χ1n) is 7.61. The summed E-state index contributed by atoms with van der Waals surface area (Å²) in [5.74, 6) is 1.02. The number of para-hydroxylation sites is 1. The van der Waals surface area contributed by atoms with E-state index in [0.29, 0.717) is 5.69 Å². The molecular weight excluding hydrogens is 378 g/mol. The van der Waals surface area contributed by atoms with Crippen molar-refractivity contribution in [3.05, 3.63) is 59.8 Å². The molecule has 2 heterocycles. The van der Waals surface area contributed by atoms with E-state index in [9.17, 15) is 8.42 Å². The number of hydrogen-bond donors (Lipinski definition) is 1. The molecule has 0 aliphatic carbocycles. The van der Waals surface area contributed by atoms with Crippen LogP contribution in [0.25, 0.3) is 11.3 Å². The summed E-state index contributed by atoms with van der Waals surface area (Å²) in [5, 5.41) is 1.14. The Labute approximate surface area is 155 Å². The minimum atomic E-state index is -3.79. The highest BCUT2D eigenvalue weighted by Crippen LogP contribution is 2.33. The Morgan fingerprint density at radius 3 is 2.68 bits per heavy atom. The van der Waals surface area contributed by atoms with Crippen LogP contribution in [0.5, 0.6) is 0 Å². The van der Waals surface area contributed by atoms with Crippen molar-refractivity contribution >= 4 is 39.1 Å². The summed E-state index contributed by atoms with van der Waals surface area (Å²) in [4.78, 5) is 4.66. The van der Waals surface area contributed by atoms with Crippen molar-refractivity contribution < 1.29 is 8.42 Å². The molecule has 1 N–H and O–H groups in total. The first kappa shape index (κ1) is 16.5. The number of thioether (sulfide) groups is 1. The number of rotatable bonds is 4. The molecule has 0 fully saturated rings. The summed E-state index contributed by atoms with van der Waals surface area (Å²) in [7, 11) is -3.79. The number of fused-ring (bicyclic) bond motifs is 1. The van der Waals surface area contributed by atoms with Crippen molar-refractivity contribution in [2.45, 2.75) is 16.6 Å². The highest BCUT2D eigenvalue weighted by Gasteiger charge is 2.21. The molecule has 128 valence electrons. The van der Waals surface area contributed by atoms with Gasteiger partial charge in [0.15, 0.2) is 5.16 Å². The molecule has 4 rings (SSSR count). The molecule has 1 aliphatic rings. The van der Waals surface area contributed by atoms with Crippen molar-refractivity contribution in [3.63, 3.8) is 0 Å². The van der Waals surface area contributed by atoms with E-state index in [-0.39, 0.29) is 9.92 Å².